The molecule has 14 N–H and O–H groups in total. The molecule has 0 spiro atoms. The summed E-state index contributed by atoms with van der Waals surface area (Å²) in [4.78, 5) is 50.5. The van der Waals surface area contributed by atoms with Gasteiger partial charge in [0, 0.05) is 27.2 Å². The van der Waals surface area contributed by atoms with E-state index < -0.39 is 183 Å². The van der Waals surface area contributed by atoms with Gasteiger partial charge in [0.05, 0.1) is 26.4 Å². The zero-order valence-corrected chi connectivity index (χ0v) is 43.7. The van der Waals surface area contributed by atoms with Crippen LogP contribution in [0.1, 0.15) is 118 Å². The number of rotatable bonds is 30. The smallest absolute Gasteiger partial charge is 0.394 e. The molecule has 4 fully saturated rings. The van der Waals surface area contributed by atoms with Crippen LogP contribution in [0.2, 0.25) is 0 Å². The van der Waals surface area contributed by atoms with Crippen LogP contribution in [0, 0.1) is 0 Å². The molecule has 4 heterocycles. The molecule has 75 heavy (non-hydrogen) atoms. The molecule has 436 valence electrons. The Morgan fingerprint density at radius 1 is 0.467 bits per heavy atom. The molecule has 0 aromatic rings. The molecule has 29 heteroatoms. The second-order valence-corrected chi connectivity index (χ2v) is 20.6. The van der Waals surface area contributed by atoms with Crippen molar-refractivity contribution in [2.75, 3.05) is 26.4 Å². The predicted octanol–water partition coefficient (Wildman–Crippen LogP) is -3.89. The van der Waals surface area contributed by atoms with Crippen molar-refractivity contribution < 1.29 is 115 Å². The molecule has 0 aliphatic carbocycles. The molecule has 4 amide bonds. The molecule has 4 aliphatic rings. The molecule has 0 aromatic carbocycles. The standard InChI is InChI=1S/C46H82N4O24S/c1-5-6-7-8-9-10-11-12-13-14-15-16-17-18-30(57)50-32-36(59)35(58)26(19-51)69-44(32)72-40-27(20-52)70-45(33(38(40)61)48-24(3)55)73-41-28(21-53)71-46(34(39(41)62)49-25(4)56)74-42-29(22-67-75(64,65)66)68-43(63)31(37(42)60)47-23(2)54/h26-29,31-46,51-53,58-63H,5-22H2,1-4H3,(H,47,54)(H,48,55)(H,49,56)(H,50,57)(H,64,65,66)/t26-,27-,28-,29-,31-,32+,33-,34+,35-,36?,37?,38?,39?,40-,41-,42-,43?,44+,45+,46+/m1/s1. The van der Waals surface area contributed by atoms with E-state index in [1.165, 1.54) is 44.9 Å². The minimum absolute atomic E-state index is 0.0409. The predicted molar refractivity (Wildman–Crippen MR) is 255 cm³/mol. The van der Waals surface area contributed by atoms with Gasteiger partial charge in [-0.3, -0.25) is 23.7 Å². The first-order valence-corrected chi connectivity index (χ1v) is 27.1. The van der Waals surface area contributed by atoms with Crippen molar-refractivity contribution in [3.05, 3.63) is 0 Å². The molecule has 0 bridgehead atoms. The van der Waals surface area contributed by atoms with Gasteiger partial charge in [-0.25, -0.2) is 4.18 Å². The van der Waals surface area contributed by atoms with E-state index in [2.05, 4.69) is 32.4 Å². The maximum Gasteiger partial charge on any atom is 0.397 e. The Balaban J connectivity index is 1.49. The quantitative estimate of drug-likeness (QED) is 0.0242. The van der Waals surface area contributed by atoms with E-state index in [0.29, 0.717) is 6.42 Å². The zero-order chi connectivity index (χ0) is 55.6. The molecule has 0 radical (unpaired) electrons. The van der Waals surface area contributed by atoms with E-state index in [0.717, 1.165) is 52.9 Å². The second-order valence-electron chi connectivity index (χ2n) is 19.5. The lowest BCUT2D eigenvalue weighted by Gasteiger charge is -2.51. The summed E-state index contributed by atoms with van der Waals surface area (Å²) in [5.41, 5.74) is 0. The van der Waals surface area contributed by atoms with Gasteiger partial charge in [-0.15, -0.1) is 0 Å². The number of carbonyl (C=O) groups excluding carboxylic acids is 4. The Hall–Kier alpha value is -2.89. The number of hydrogen-bond donors (Lipinski definition) is 14. The number of aliphatic hydroxyl groups excluding tert-OH is 9. The fraction of sp³-hybridized carbons (Fsp3) is 0.913. The highest BCUT2D eigenvalue weighted by atomic mass is 32.3. The van der Waals surface area contributed by atoms with Crippen LogP contribution in [0.15, 0.2) is 0 Å². The minimum atomic E-state index is -5.15. The van der Waals surface area contributed by atoms with E-state index in [-0.39, 0.29) is 6.42 Å². The number of carbonyl (C=O) groups is 4. The number of nitrogens with one attached hydrogen (secondary N) is 4. The monoisotopic (exact) mass is 1110 g/mol. The van der Waals surface area contributed by atoms with Crippen LogP contribution in [-0.2, 0) is 66.9 Å². The first kappa shape index (κ1) is 64.6. The molecule has 20 atom stereocenters. The van der Waals surface area contributed by atoms with Crippen LogP contribution in [0.5, 0.6) is 0 Å². The van der Waals surface area contributed by atoms with Crippen LogP contribution < -0.4 is 21.3 Å². The average Bonchev–Trinajstić information content (AvgIpc) is 3.34. The fourth-order valence-electron chi connectivity index (χ4n) is 9.64. The number of amides is 4. The SMILES string of the molecule is CCCCCCCCCCCCCCCC(=O)N[C@H]1C(O)[C@H](O)[C@@H](CO)O[C@H]1O[C@H]1C(O)[C@@H](NC(C)=O)[C@H](O[C@H]2C(O)[C@H](NC(C)=O)[C@H](O[C@H]3C(O)[C@@H](NC(C)=O)C(O)O[C@@H]3COS(=O)(=O)O)O[C@@H]2CO)O[C@@H]1CO. The van der Waals surface area contributed by atoms with E-state index in [1.54, 1.807) is 0 Å². The van der Waals surface area contributed by atoms with Crippen LogP contribution in [0.4, 0.5) is 0 Å². The molecule has 4 rings (SSSR count). The third-order valence-electron chi connectivity index (χ3n) is 13.5. The second kappa shape index (κ2) is 31.6. The largest absolute Gasteiger partial charge is 0.397 e. The van der Waals surface area contributed by atoms with Crippen molar-refractivity contribution in [1.82, 2.24) is 21.3 Å². The first-order valence-electron chi connectivity index (χ1n) is 25.8. The third-order valence-corrected chi connectivity index (χ3v) is 13.9. The van der Waals surface area contributed by atoms with E-state index >= 15 is 0 Å². The van der Waals surface area contributed by atoms with Crippen molar-refractivity contribution in [2.45, 2.75) is 240 Å². The minimum Gasteiger partial charge on any atom is -0.394 e. The van der Waals surface area contributed by atoms with Gasteiger partial charge in [-0.1, -0.05) is 84.0 Å². The number of ether oxygens (including phenoxy) is 7. The summed E-state index contributed by atoms with van der Waals surface area (Å²) in [6, 6.07) is -6.57. The van der Waals surface area contributed by atoms with Gasteiger partial charge in [-0.2, -0.15) is 8.42 Å². The Labute approximate surface area is 436 Å². The van der Waals surface area contributed by atoms with Crippen molar-refractivity contribution >= 4 is 34.0 Å². The lowest BCUT2D eigenvalue weighted by atomic mass is 9.93. The van der Waals surface area contributed by atoms with Crippen LogP contribution in [-0.4, -0.2) is 232 Å². The van der Waals surface area contributed by atoms with Gasteiger partial charge in [0.25, 0.3) is 0 Å². The summed E-state index contributed by atoms with van der Waals surface area (Å²) in [7, 11) is -5.15. The normalized spacial score (nSPS) is 36.3. The number of aliphatic hydroxyl groups is 9. The number of hydrogen-bond acceptors (Lipinski definition) is 23. The van der Waals surface area contributed by atoms with E-state index in [1.807, 2.05) is 0 Å². The Bertz CT molecular complexity index is 1860. The molecule has 28 nitrogen and oxygen atoms in total. The van der Waals surface area contributed by atoms with Gasteiger partial charge >= 0.3 is 10.4 Å². The molecule has 0 aromatic heterocycles. The lowest BCUT2D eigenvalue weighted by molar-refractivity contribution is -0.361. The van der Waals surface area contributed by atoms with Crippen molar-refractivity contribution in [3.63, 3.8) is 0 Å². The Morgan fingerprint density at radius 2 is 0.827 bits per heavy atom. The van der Waals surface area contributed by atoms with E-state index in [9.17, 15) is 78.1 Å². The molecule has 0 saturated carbocycles. The van der Waals surface area contributed by atoms with Gasteiger partial charge < -0.3 is 100 Å². The summed E-state index contributed by atoms with van der Waals surface area (Å²) in [6.45, 7) is 1.43. The van der Waals surface area contributed by atoms with Crippen molar-refractivity contribution in [2.24, 2.45) is 0 Å². The van der Waals surface area contributed by atoms with Crippen molar-refractivity contribution in [1.29, 1.82) is 0 Å². The van der Waals surface area contributed by atoms with Crippen LogP contribution in [0.25, 0.3) is 0 Å². The Kier molecular flexibility index (Phi) is 27.3. The maximum atomic E-state index is 13.3. The van der Waals surface area contributed by atoms with E-state index in [4.69, 9.17) is 33.2 Å². The molecule has 5 unspecified atom stereocenters. The highest BCUT2D eigenvalue weighted by Gasteiger charge is 2.56. The summed E-state index contributed by atoms with van der Waals surface area (Å²) in [6.07, 6.45) is -14.6. The molecule has 4 saturated heterocycles. The lowest BCUT2D eigenvalue weighted by Crippen LogP contribution is -2.71. The third kappa shape index (κ3) is 19.5. The zero-order valence-electron chi connectivity index (χ0n) is 42.9. The van der Waals surface area contributed by atoms with Gasteiger partial charge in [0.1, 0.15) is 97.4 Å². The van der Waals surface area contributed by atoms with Gasteiger partial charge in [0.2, 0.25) is 23.6 Å². The highest BCUT2D eigenvalue weighted by Crippen LogP contribution is 2.35. The summed E-state index contributed by atoms with van der Waals surface area (Å²) in [5, 5.41) is 109. The summed E-state index contributed by atoms with van der Waals surface area (Å²) < 4.78 is 77.9. The maximum absolute atomic E-state index is 13.3. The number of unbranched alkanes of at least 4 members (excludes halogenated alkanes) is 12. The van der Waals surface area contributed by atoms with Gasteiger partial charge in [0.15, 0.2) is 25.2 Å². The Morgan fingerprint density at radius 3 is 1.23 bits per heavy atom. The van der Waals surface area contributed by atoms with Crippen molar-refractivity contribution in [3.8, 4) is 0 Å². The molecular weight excluding hydrogens is 1020 g/mol. The summed E-state index contributed by atoms with van der Waals surface area (Å²) >= 11 is 0. The van der Waals surface area contributed by atoms with Gasteiger partial charge in [-0.05, 0) is 6.42 Å². The molecular formula is C46H82N4O24S. The topological polar surface area (TPSA) is 427 Å². The molecule has 4 aliphatic heterocycles. The summed E-state index contributed by atoms with van der Waals surface area (Å²) in [5.74, 6) is -2.90. The van der Waals surface area contributed by atoms with Crippen LogP contribution >= 0.6 is 0 Å². The van der Waals surface area contributed by atoms with Crippen LogP contribution in [0.3, 0.4) is 0 Å². The fourth-order valence-corrected chi connectivity index (χ4v) is 9.94. The first-order chi connectivity index (χ1) is 35.5. The average molecular weight is 1110 g/mol. The highest BCUT2D eigenvalue weighted by molar-refractivity contribution is 7.80.